The van der Waals surface area contributed by atoms with Crippen LogP contribution in [-0.2, 0) is 15.5 Å². The second-order valence-electron chi connectivity index (χ2n) is 5.53. The molecule has 0 unspecified atom stereocenters. The summed E-state index contributed by atoms with van der Waals surface area (Å²) < 4.78 is 32.4. The maximum Gasteiger partial charge on any atom is 0.294 e. The van der Waals surface area contributed by atoms with Gasteiger partial charge in [0.1, 0.15) is 0 Å². The highest BCUT2D eigenvalue weighted by Gasteiger charge is 2.34. The molecule has 0 atom stereocenters. The number of nitro benzene ring substituents is 1. The molecule has 20 heavy (non-hydrogen) atoms. The second kappa shape index (κ2) is 5.14. The van der Waals surface area contributed by atoms with E-state index < -0.39 is 20.5 Å². The third kappa shape index (κ3) is 2.83. The molecule has 1 aliphatic carbocycles. The van der Waals surface area contributed by atoms with Crippen molar-refractivity contribution in [3.63, 3.8) is 0 Å². The van der Waals surface area contributed by atoms with Crippen LogP contribution in [0, 0.1) is 10.1 Å². The SMILES string of the molecule is CC1(c2cc([N+](=O)[O-])ccc2S(=O)(=O)O)CCCCC1. The molecule has 0 heterocycles. The Balaban J connectivity index is 2.63. The minimum Gasteiger partial charge on any atom is -0.282 e. The summed E-state index contributed by atoms with van der Waals surface area (Å²) in [4.78, 5) is 10.1. The van der Waals surface area contributed by atoms with Gasteiger partial charge in [-0.05, 0) is 29.9 Å². The molecular weight excluding hydrogens is 282 g/mol. The first-order valence-electron chi connectivity index (χ1n) is 6.50. The van der Waals surface area contributed by atoms with Crippen molar-refractivity contribution in [2.45, 2.75) is 49.3 Å². The molecule has 1 fully saturated rings. The largest absolute Gasteiger partial charge is 0.294 e. The Morgan fingerprint density at radius 2 is 1.85 bits per heavy atom. The van der Waals surface area contributed by atoms with Crippen LogP contribution in [0.3, 0.4) is 0 Å². The molecule has 0 aliphatic heterocycles. The van der Waals surface area contributed by atoms with Gasteiger partial charge in [0.15, 0.2) is 0 Å². The van der Waals surface area contributed by atoms with Gasteiger partial charge in [0.25, 0.3) is 15.8 Å². The lowest BCUT2D eigenvalue weighted by Gasteiger charge is -2.34. The number of hydrogen-bond donors (Lipinski definition) is 1. The van der Waals surface area contributed by atoms with Gasteiger partial charge in [-0.1, -0.05) is 26.2 Å². The lowest BCUT2D eigenvalue weighted by atomic mass is 9.71. The molecule has 0 bridgehead atoms. The summed E-state index contributed by atoms with van der Waals surface area (Å²) in [5.74, 6) is 0. The van der Waals surface area contributed by atoms with Crippen molar-refractivity contribution in [1.82, 2.24) is 0 Å². The average Bonchev–Trinajstić information content (AvgIpc) is 2.38. The van der Waals surface area contributed by atoms with Crippen LogP contribution in [-0.4, -0.2) is 17.9 Å². The number of hydrogen-bond acceptors (Lipinski definition) is 4. The van der Waals surface area contributed by atoms with E-state index in [1.807, 2.05) is 6.92 Å². The van der Waals surface area contributed by atoms with Gasteiger partial charge in [-0.3, -0.25) is 14.7 Å². The van der Waals surface area contributed by atoms with Crippen LogP contribution >= 0.6 is 0 Å². The van der Waals surface area contributed by atoms with Crippen LogP contribution < -0.4 is 0 Å². The van der Waals surface area contributed by atoms with Crippen molar-refractivity contribution in [3.8, 4) is 0 Å². The predicted molar refractivity (Wildman–Crippen MR) is 73.3 cm³/mol. The molecule has 2 rings (SSSR count). The minimum absolute atomic E-state index is 0.154. The number of non-ortho nitro benzene ring substituents is 1. The summed E-state index contributed by atoms with van der Waals surface area (Å²) in [7, 11) is -4.39. The smallest absolute Gasteiger partial charge is 0.282 e. The molecule has 110 valence electrons. The van der Waals surface area contributed by atoms with Crippen molar-refractivity contribution >= 4 is 15.8 Å². The van der Waals surface area contributed by atoms with Crippen molar-refractivity contribution in [3.05, 3.63) is 33.9 Å². The van der Waals surface area contributed by atoms with E-state index in [2.05, 4.69) is 0 Å². The third-order valence-electron chi connectivity index (χ3n) is 4.06. The van der Waals surface area contributed by atoms with Crippen molar-refractivity contribution in [1.29, 1.82) is 0 Å². The van der Waals surface area contributed by atoms with Crippen LogP contribution in [0.5, 0.6) is 0 Å². The Morgan fingerprint density at radius 1 is 1.25 bits per heavy atom. The summed E-state index contributed by atoms with van der Waals surface area (Å²) in [6.45, 7) is 1.90. The van der Waals surface area contributed by atoms with E-state index in [1.165, 1.54) is 6.07 Å². The van der Waals surface area contributed by atoms with E-state index in [0.29, 0.717) is 5.56 Å². The van der Waals surface area contributed by atoms with E-state index in [-0.39, 0.29) is 10.6 Å². The molecule has 7 heteroatoms. The highest BCUT2D eigenvalue weighted by atomic mass is 32.2. The van der Waals surface area contributed by atoms with Gasteiger partial charge in [-0.15, -0.1) is 0 Å². The molecule has 0 amide bonds. The van der Waals surface area contributed by atoms with E-state index in [0.717, 1.165) is 44.2 Å². The second-order valence-corrected chi connectivity index (χ2v) is 6.92. The van der Waals surface area contributed by atoms with Crippen molar-refractivity contribution in [2.24, 2.45) is 0 Å². The summed E-state index contributed by atoms with van der Waals surface area (Å²) in [5.41, 5.74) is -0.247. The maximum absolute atomic E-state index is 11.5. The molecule has 1 aromatic carbocycles. The highest BCUT2D eigenvalue weighted by Crippen LogP contribution is 2.42. The molecular formula is C13H17NO5S. The fraction of sp³-hybridized carbons (Fsp3) is 0.538. The number of nitro groups is 1. The fourth-order valence-corrected chi connectivity index (χ4v) is 3.75. The van der Waals surface area contributed by atoms with Crippen LogP contribution in [0.15, 0.2) is 23.1 Å². The van der Waals surface area contributed by atoms with Gasteiger partial charge in [-0.25, -0.2) is 0 Å². The van der Waals surface area contributed by atoms with Crippen LogP contribution in [0.1, 0.15) is 44.6 Å². The number of benzene rings is 1. The molecule has 1 aliphatic rings. The average molecular weight is 299 g/mol. The number of nitrogens with zero attached hydrogens (tertiary/aromatic N) is 1. The summed E-state index contributed by atoms with van der Waals surface area (Å²) in [6, 6.07) is 3.52. The highest BCUT2D eigenvalue weighted by molar-refractivity contribution is 7.85. The molecule has 6 nitrogen and oxygen atoms in total. The molecule has 0 aromatic heterocycles. The molecule has 0 radical (unpaired) electrons. The van der Waals surface area contributed by atoms with E-state index in [9.17, 15) is 23.1 Å². The van der Waals surface area contributed by atoms with Gasteiger partial charge < -0.3 is 0 Å². The Hall–Kier alpha value is -1.47. The minimum atomic E-state index is -4.39. The first-order valence-corrected chi connectivity index (χ1v) is 7.94. The zero-order valence-electron chi connectivity index (χ0n) is 11.2. The van der Waals surface area contributed by atoms with E-state index in [4.69, 9.17) is 0 Å². The van der Waals surface area contributed by atoms with Gasteiger partial charge in [-0.2, -0.15) is 8.42 Å². The lowest BCUT2D eigenvalue weighted by molar-refractivity contribution is -0.385. The molecule has 0 saturated heterocycles. The van der Waals surface area contributed by atoms with Gasteiger partial charge in [0, 0.05) is 12.1 Å². The monoisotopic (exact) mass is 299 g/mol. The molecule has 1 N–H and O–H groups in total. The predicted octanol–water partition coefficient (Wildman–Crippen LogP) is 3.06. The Kier molecular flexibility index (Phi) is 3.84. The van der Waals surface area contributed by atoms with E-state index >= 15 is 0 Å². The molecule has 0 spiro atoms. The van der Waals surface area contributed by atoms with Crippen LogP contribution in [0.2, 0.25) is 0 Å². The number of rotatable bonds is 3. The Labute approximate surface area is 117 Å². The lowest BCUT2D eigenvalue weighted by Crippen LogP contribution is -2.27. The van der Waals surface area contributed by atoms with Gasteiger partial charge in [0.2, 0.25) is 0 Å². The van der Waals surface area contributed by atoms with Crippen molar-refractivity contribution in [2.75, 3.05) is 0 Å². The van der Waals surface area contributed by atoms with Gasteiger partial charge in [0.05, 0.1) is 9.82 Å². The maximum atomic E-state index is 11.5. The fourth-order valence-electron chi connectivity index (χ4n) is 2.93. The van der Waals surface area contributed by atoms with Gasteiger partial charge >= 0.3 is 0 Å². The summed E-state index contributed by atoms with van der Waals surface area (Å²) >= 11 is 0. The molecule has 1 saturated carbocycles. The topological polar surface area (TPSA) is 97.5 Å². The summed E-state index contributed by atoms with van der Waals surface area (Å²) in [5, 5.41) is 10.9. The zero-order chi connectivity index (χ0) is 15.0. The summed E-state index contributed by atoms with van der Waals surface area (Å²) in [6.07, 6.45) is 4.49. The Morgan fingerprint density at radius 3 is 2.35 bits per heavy atom. The standard InChI is InChI=1S/C13H17NO5S/c1-13(7-3-2-4-8-13)11-9-10(14(15)16)5-6-12(11)20(17,18)19/h5-6,9H,2-4,7-8H2,1H3,(H,17,18,19). The van der Waals surface area contributed by atoms with Crippen LogP contribution in [0.25, 0.3) is 0 Å². The molecule has 1 aromatic rings. The first kappa shape index (κ1) is 14.9. The zero-order valence-corrected chi connectivity index (χ0v) is 12.0. The first-order chi connectivity index (χ1) is 9.24. The van der Waals surface area contributed by atoms with E-state index in [1.54, 1.807) is 0 Å². The third-order valence-corrected chi connectivity index (χ3v) is 4.97. The normalized spacial score (nSPS) is 18.7. The van der Waals surface area contributed by atoms with Crippen LogP contribution in [0.4, 0.5) is 5.69 Å². The van der Waals surface area contributed by atoms with Crippen molar-refractivity contribution < 1.29 is 17.9 Å². The quantitative estimate of drug-likeness (QED) is 0.525. The Bertz CT molecular complexity index is 632.